The van der Waals surface area contributed by atoms with Crippen LogP contribution in [0, 0.1) is 11.8 Å². The molecule has 0 radical (unpaired) electrons. The van der Waals surface area contributed by atoms with Crippen LogP contribution in [0.2, 0.25) is 0 Å². The first-order valence-corrected chi connectivity index (χ1v) is 11.9. The van der Waals surface area contributed by atoms with Gasteiger partial charge >= 0.3 is 6.09 Å². The lowest BCUT2D eigenvalue weighted by atomic mass is 9.86. The number of hydrogen-bond acceptors (Lipinski definition) is 7. The maximum absolute atomic E-state index is 13.1. The molecule has 0 saturated carbocycles. The van der Waals surface area contributed by atoms with Gasteiger partial charge in [-0.15, -0.1) is 0 Å². The van der Waals surface area contributed by atoms with Crippen LogP contribution in [0.15, 0.2) is 36.5 Å². The molecule has 0 spiro atoms. The molecule has 2 aromatic rings. The highest BCUT2D eigenvalue weighted by Gasteiger charge is 2.32. The maximum atomic E-state index is 13.1. The van der Waals surface area contributed by atoms with E-state index in [1.54, 1.807) is 6.20 Å². The monoisotopic (exact) mass is 471 g/mol. The first kappa shape index (κ1) is 24.6. The molecule has 33 heavy (non-hydrogen) atoms. The Morgan fingerprint density at radius 2 is 2.00 bits per heavy atom. The molecule has 2 unspecified atom stereocenters. The van der Waals surface area contributed by atoms with Crippen LogP contribution in [0.25, 0.3) is 0 Å². The standard InChI is InChI=1S/C24H29N3O5S/c1-15(2)21(27-24(31)32-14-16-7-4-3-5-8-16)19(28)11-17-9-6-10-20-18(13-26-33-20)12-25-23(30)22(17)29/h3-5,7-8,13,15,17,21H,6,9-12,14H2,1-2H3,(H,25,30)(H,27,31). The number of aromatic nitrogens is 1. The number of fused-ring (bicyclic) bond motifs is 1. The molecule has 2 amide bonds. The van der Waals surface area contributed by atoms with Crippen molar-refractivity contribution in [3.8, 4) is 0 Å². The second-order valence-corrected chi connectivity index (χ2v) is 9.39. The Kier molecular flexibility index (Phi) is 8.71. The Hall–Kier alpha value is -3.07. The summed E-state index contributed by atoms with van der Waals surface area (Å²) in [4.78, 5) is 51.6. The predicted octanol–water partition coefficient (Wildman–Crippen LogP) is 3.19. The van der Waals surface area contributed by atoms with Crippen molar-refractivity contribution < 1.29 is 23.9 Å². The number of alkyl carbamates (subject to hydrolysis) is 1. The zero-order chi connectivity index (χ0) is 23.8. The third-order valence-corrected chi connectivity index (χ3v) is 6.56. The SMILES string of the molecule is CC(C)C(NC(=O)OCc1ccccc1)C(=O)CC1CCCc2sncc2CNC(=O)C1=O. The van der Waals surface area contributed by atoms with Gasteiger partial charge in [-0.1, -0.05) is 44.2 Å². The molecule has 0 saturated heterocycles. The van der Waals surface area contributed by atoms with E-state index in [0.717, 1.165) is 22.4 Å². The maximum Gasteiger partial charge on any atom is 0.408 e. The Morgan fingerprint density at radius 1 is 1.24 bits per heavy atom. The summed E-state index contributed by atoms with van der Waals surface area (Å²) in [5, 5.41) is 5.27. The van der Waals surface area contributed by atoms with E-state index in [0.29, 0.717) is 12.8 Å². The van der Waals surface area contributed by atoms with E-state index in [1.807, 2.05) is 44.2 Å². The topological polar surface area (TPSA) is 114 Å². The molecule has 2 N–H and O–H groups in total. The number of nitrogens with one attached hydrogen (secondary N) is 2. The fourth-order valence-electron chi connectivity index (χ4n) is 3.80. The quantitative estimate of drug-likeness (QED) is 0.600. The minimum Gasteiger partial charge on any atom is -0.445 e. The second kappa shape index (κ2) is 11.7. The van der Waals surface area contributed by atoms with Crippen LogP contribution in [0.1, 0.15) is 49.1 Å². The van der Waals surface area contributed by atoms with Gasteiger partial charge in [0, 0.05) is 35.5 Å². The number of rotatable bonds is 7. The van der Waals surface area contributed by atoms with Gasteiger partial charge in [0.05, 0.1) is 6.04 Å². The minimum absolute atomic E-state index is 0.0898. The number of carbonyl (C=O) groups excluding carboxylic acids is 4. The van der Waals surface area contributed by atoms with E-state index in [2.05, 4.69) is 15.0 Å². The van der Waals surface area contributed by atoms with Gasteiger partial charge in [-0.3, -0.25) is 14.4 Å². The van der Waals surface area contributed by atoms with Gasteiger partial charge in [0.1, 0.15) is 6.61 Å². The summed E-state index contributed by atoms with van der Waals surface area (Å²) in [6.07, 6.45) is 2.74. The molecule has 1 aromatic carbocycles. The van der Waals surface area contributed by atoms with E-state index in [9.17, 15) is 19.2 Å². The van der Waals surface area contributed by atoms with Gasteiger partial charge in [-0.25, -0.2) is 9.17 Å². The van der Waals surface area contributed by atoms with Gasteiger partial charge in [0.2, 0.25) is 5.78 Å². The van der Waals surface area contributed by atoms with Gasteiger partial charge < -0.3 is 15.4 Å². The highest BCUT2D eigenvalue weighted by molar-refractivity contribution is 7.05. The molecule has 0 bridgehead atoms. The third-order valence-electron chi connectivity index (χ3n) is 5.67. The summed E-state index contributed by atoms with van der Waals surface area (Å²) in [5.74, 6) is -2.50. The summed E-state index contributed by atoms with van der Waals surface area (Å²) in [7, 11) is 0. The fourth-order valence-corrected chi connectivity index (χ4v) is 4.58. The first-order valence-electron chi connectivity index (χ1n) is 11.1. The van der Waals surface area contributed by atoms with Gasteiger partial charge in [-0.05, 0) is 42.3 Å². The molecule has 2 heterocycles. The lowest BCUT2D eigenvalue weighted by Gasteiger charge is -2.23. The average Bonchev–Trinajstić information content (AvgIpc) is 3.25. The normalized spacial score (nSPS) is 17.6. The molecule has 9 heteroatoms. The van der Waals surface area contributed by atoms with E-state index in [-0.39, 0.29) is 31.3 Å². The zero-order valence-corrected chi connectivity index (χ0v) is 19.7. The number of ketones is 2. The summed E-state index contributed by atoms with van der Waals surface area (Å²) < 4.78 is 9.41. The van der Waals surface area contributed by atoms with Crippen LogP contribution in [-0.2, 0) is 38.7 Å². The number of aryl methyl sites for hydroxylation is 1. The first-order chi connectivity index (χ1) is 15.8. The predicted molar refractivity (Wildman–Crippen MR) is 123 cm³/mol. The molecule has 8 nitrogen and oxygen atoms in total. The minimum atomic E-state index is -0.812. The molecule has 1 aliphatic rings. The van der Waals surface area contributed by atoms with Gasteiger partial charge in [0.15, 0.2) is 5.78 Å². The van der Waals surface area contributed by atoms with Crippen LogP contribution in [-0.4, -0.2) is 34.0 Å². The van der Waals surface area contributed by atoms with Crippen molar-refractivity contribution >= 4 is 35.1 Å². The molecular formula is C24H29N3O5S. The Morgan fingerprint density at radius 3 is 2.73 bits per heavy atom. The summed E-state index contributed by atoms with van der Waals surface area (Å²) >= 11 is 1.39. The van der Waals surface area contributed by atoms with Crippen LogP contribution in [0.5, 0.6) is 0 Å². The van der Waals surface area contributed by atoms with Crippen molar-refractivity contribution in [1.29, 1.82) is 0 Å². The molecule has 1 aromatic heterocycles. The number of benzene rings is 1. The number of nitrogens with zero attached hydrogens (tertiary/aromatic N) is 1. The smallest absolute Gasteiger partial charge is 0.408 e. The number of hydrogen-bond donors (Lipinski definition) is 2. The van der Waals surface area contributed by atoms with Crippen molar-refractivity contribution in [3.63, 3.8) is 0 Å². The third kappa shape index (κ3) is 6.95. The number of Topliss-reactive ketones (excluding diaryl/α,β-unsaturated/α-hetero) is 2. The average molecular weight is 472 g/mol. The van der Waals surface area contributed by atoms with Crippen molar-refractivity contribution in [2.24, 2.45) is 11.8 Å². The van der Waals surface area contributed by atoms with E-state index in [1.165, 1.54) is 11.5 Å². The molecule has 1 aliphatic heterocycles. The van der Waals surface area contributed by atoms with Crippen molar-refractivity contribution in [2.75, 3.05) is 0 Å². The van der Waals surface area contributed by atoms with E-state index < -0.39 is 29.7 Å². The molecule has 3 rings (SSSR count). The second-order valence-electron chi connectivity index (χ2n) is 8.51. The van der Waals surface area contributed by atoms with Crippen molar-refractivity contribution in [2.45, 2.75) is 58.7 Å². The zero-order valence-electron chi connectivity index (χ0n) is 18.8. The Bertz CT molecular complexity index is 989. The molecular weight excluding hydrogens is 442 g/mol. The van der Waals surface area contributed by atoms with Crippen LogP contribution < -0.4 is 10.6 Å². The van der Waals surface area contributed by atoms with Crippen molar-refractivity contribution in [3.05, 3.63) is 52.5 Å². The molecule has 176 valence electrons. The van der Waals surface area contributed by atoms with Crippen LogP contribution >= 0.6 is 11.5 Å². The lowest BCUT2D eigenvalue weighted by molar-refractivity contribution is -0.141. The van der Waals surface area contributed by atoms with E-state index in [4.69, 9.17) is 4.74 Å². The summed E-state index contributed by atoms with van der Waals surface area (Å²) in [5.41, 5.74) is 1.76. The fraction of sp³-hybridized carbons (Fsp3) is 0.458. The largest absolute Gasteiger partial charge is 0.445 e. The lowest BCUT2D eigenvalue weighted by Crippen LogP contribution is -2.46. The Balaban J connectivity index is 1.61. The number of ether oxygens (including phenoxy) is 1. The molecule has 0 aliphatic carbocycles. The van der Waals surface area contributed by atoms with Crippen LogP contribution in [0.3, 0.4) is 0 Å². The highest BCUT2D eigenvalue weighted by Crippen LogP contribution is 2.23. The summed E-state index contributed by atoms with van der Waals surface area (Å²) in [6, 6.07) is 8.42. The molecule has 2 atom stereocenters. The van der Waals surface area contributed by atoms with Gasteiger partial charge in [0.25, 0.3) is 5.91 Å². The molecule has 0 fully saturated rings. The number of carbonyl (C=O) groups is 4. The van der Waals surface area contributed by atoms with Crippen LogP contribution in [0.4, 0.5) is 4.79 Å². The highest BCUT2D eigenvalue weighted by atomic mass is 32.1. The number of amides is 2. The summed E-state index contributed by atoms with van der Waals surface area (Å²) in [6.45, 7) is 3.97. The van der Waals surface area contributed by atoms with E-state index >= 15 is 0 Å². The van der Waals surface area contributed by atoms with Crippen molar-refractivity contribution in [1.82, 2.24) is 15.0 Å². The van der Waals surface area contributed by atoms with Gasteiger partial charge in [-0.2, -0.15) is 0 Å². The Labute approximate surface area is 197 Å².